The maximum atomic E-state index is 14.7. The molecule has 0 amide bonds. The first-order valence-electron chi connectivity index (χ1n) is 9.19. The SMILES string of the molecule is COC(=O)c1nccc(SC)c1Oc1cc(-n2c(=O)cc(C(F)(F)F)n(C)c2=O)c(F)cc1N. The number of carbonyl (C=O) groups excluding carboxylic acids is 1. The molecule has 3 aromatic rings. The molecular formula is C20H16F4N4O5S. The number of nitrogens with two attached hydrogens (primary N) is 1. The van der Waals surface area contributed by atoms with Crippen molar-refractivity contribution in [1.29, 1.82) is 0 Å². The fourth-order valence-corrected chi connectivity index (χ4v) is 3.50. The van der Waals surface area contributed by atoms with E-state index < -0.39 is 40.6 Å². The second-order valence-electron chi connectivity index (χ2n) is 6.67. The number of hydrogen-bond donors (Lipinski definition) is 1. The highest BCUT2D eigenvalue weighted by Gasteiger charge is 2.35. The zero-order valence-electron chi connectivity index (χ0n) is 17.8. The van der Waals surface area contributed by atoms with Gasteiger partial charge in [0.05, 0.1) is 23.4 Å². The second kappa shape index (κ2) is 9.21. The number of rotatable bonds is 5. The van der Waals surface area contributed by atoms with Crippen LogP contribution in [0.4, 0.5) is 23.2 Å². The fraction of sp³-hybridized carbons (Fsp3) is 0.200. The van der Waals surface area contributed by atoms with Crippen LogP contribution in [-0.4, -0.2) is 33.5 Å². The van der Waals surface area contributed by atoms with E-state index in [1.54, 1.807) is 6.26 Å². The molecule has 0 aliphatic rings. The number of methoxy groups -OCH3 is 1. The van der Waals surface area contributed by atoms with Gasteiger partial charge in [-0.25, -0.2) is 23.5 Å². The number of nitrogens with zero attached hydrogens (tertiary/aromatic N) is 3. The summed E-state index contributed by atoms with van der Waals surface area (Å²) in [5, 5.41) is 0. The van der Waals surface area contributed by atoms with Crippen molar-refractivity contribution in [1.82, 2.24) is 14.1 Å². The van der Waals surface area contributed by atoms with Crippen LogP contribution in [0.2, 0.25) is 0 Å². The van der Waals surface area contributed by atoms with Gasteiger partial charge in [0.25, 0.3) is 5.56 Å². The standard InChI is InChI=1S/C20H16F4N4O5S/c1-27-14(20(22,23)24)8-15(29)28(19(27)31)11-7-12(10(25)6-9(11)21)33-17-13(34-3)4-5-26-16(17)18(30)32-2/h4-8H,25H2,1-3H3. The molecule has 3 rings (SSSR count). The smallest absolute Gasteiger partial charge is 0.431 e. The number of esters is 1. The number of alkyl halides is 3. The van der Waals surface area contributed by atoms with Crippen molar-refractivity contribution in [3.63, 3.8) is 0 Å². The lowest BCUT2D eigenvalue weighted by atomic mass is 10.2. The molecule has 0 saturated heterocycles. The van der Waals surface area contributed by atoms with Crippen LogP contribution in [0, 0.1) is 5.82 Å². The first-order valence-corrected chi connectivity index (χ1v) is 10.4. The Morgan fingerprint density at radius 2 is 1.88 bits per heavy atom. The van der Waals surface area contributed by atoms with Crippen LogP contribution in [0.1, 0.15) is 16.2 Å². The molecule has 0 fully saturated rings. The molecule has 2 heterocycles. The summed E-state index contributed by atoms with van der Waals surface area (Å²) in [6, 6.07) is 3.27. The van der Waals surface area contributed by atoms with Crippen LogP contribution in [-0.2, 0) is 18.0 Å². The summed E-state index contributed by atoms with van der Waals surface area (Å²) in [6.45, 7) is 0. The van der Waals surface area contributed by atoms with Gasteiger partial charge in [-0.05, 0) is 12.3 Å². The van der Waals surface area contributed by atoms with Gasteiger partial charge in [0.2, 0.25) is 0 Å². The van der Waals surface area contributed by atoms with Crippen LogP contribution in [0.3, 0.4) is 0 Å². The van der Waals surface area contributed by atoms with Crippen LogP contribution >= 0.6 is 11.8 Å². The van der Waals surface area contributed by atoms with Crippen LogP contribution in [0.25, 0.3) is 5.69 Å². The Hall–Kier alpha value is -3.81. The summed E-state index contributed by atoms with van der Waals surface area (Å²) in [6.07, 6.45) is -1.98. The Bertz CT molecular complexity index is 1400. The van der Waals surface area contributed by atoms with Crippen molar-refractivity contribution in [2.75, 3.05) is 19.1 Å². The lowest BCUT2D eigenvalue weighted by Crippen LogP contribution is -2.41. The van der Waals surface area contributed by atoms with Crippen LogP contribution in [0.15, 0.2) is 44.9 Å². The minimum atomic E-state index is -4.99. The lowest BCUT2D eigenvalue weighted by molar-refractivity contribution is -0.144. The predicted octanol–water partition coefficient (Wildman–Crippen LogP) is 2.97. The van der Waals surface area contributed by atoms with E-state index in [1.807, 2.05) is 0 Å². The van der Waals surface area contributed by atoms with Gasteiger partial charge in [0.15, 0.2) is 17.2 Å². The van der Waals surface area contributed by atoms with E-state index in [2.05, 4.69) is 9.72 Å². The number of thioether (sulfide) groups is 1. The zero-order chi connectivity index (χ0) is 25.4. The minimum Gasteiger partial charge on any atom is -0.464 e. The van der Waals surface area contributed by atoms with Gasteiger partial charge in [-0.2, -0.15) is 13.2 Å². The fourth-order valence-electron chi connectivity index (χ4n) is 2.98. The highest BCUT2D eigenvalue weighted by atomic mass is 32.2. The molecule has 2 aromatic heterocycles. The quantitative estimate of drug-likeness (QED) is 0.246. The van der Waals surface area contributed by atoms with E-state index in [1.165, 1.54) is 24.0 Å². The van der Waals surface area contributed by atoms with Crippen molar-refractivity contribution >= 4 is 23.4 Å². The van der Waals surface area contributed by atoms with E-state index in [0.717, 1.165) is 26.3 Å². The van der Waals surface area contributed by atoms with Gasteiger partial charge in [-0.15, -0.1) is 11.8 Å². The first kappa shape index (κ1) is 24.8. The molecule has 0 atom stereocenters. The van der Waals surface area contributed by atoms with Crippen molar-refractivity contribution in [2.24, 2.45) is 7.05 Å². The van der Waals surface area contributed by atoms with Gasteiger partial charge in [-0.3, -0.25) is 9.36 Å². The van der Waals surface area contributed by atoms with E-state index in [9.17, 15) is 31.9 Å². The molecule has 34 heavy (non-hydrogen) atoms. The molecule has 180 valence electrons. The topological polar surface area (TPSA) is 118 Å². The maximum Gasteiger partial charge on any atom is 0.431 e. The predicted molar refractivity (Wildman–Crippen MR) is 114 cm³/mol. The number of anilines is 1. The van der Waals surface area contributed by atoms with Crippen LogP contribution < -0.4 is 21.7 Å². The molecule has 0 spiro atoms. The van der Waals surface area contributed by atoms with E-state index in [-0.39, 0.29) is 38.1 Å². The zero-order valence-corrected chi connectivity index (χ0v) is 18.6. The summed E-state index contributed by atoms with van der Waals surface area (Å²) in [4.78, 5) is 41.4. The largest absolute Gasteiger partial charge is 0.464 e. The van der Waals surface area contributed by atoms with Crippen LogP contribution in [0.5, 0.6) is 11.5 Å². The molecule has 14 heteroatoms. The Morgan fingerprint density at radius 3 is 2.47 bits per heavy atom. The first-order chi connectivity index (χ1) is 15.9. The number of ether oxygens (including phenoxy) is 2. The third-order valence-electron chi connectivity index (χ3n) is 4.61. The van der Waals surface area contributed by atoms with E-state index >= 15 is 0 Å². The van der Waals surface area contributed by atoms with Gasteiger partial charge >= 0.3 is 17.8 Å². The number of hydrogen-bond acceptors (Lipinski definition) is 8. The van der Waals surface area contributed by atoms with Crippen molar-refractivity contribution in [2.45, 2.75) is 11.1 Å². The number of halogens is 4. The van der Waals surface area contributed by atoms with E-state index in [0.29, 0.717) is 4.90 Å². The average Bonchev–Trinajstić information content (AvgIpc) is 2.77. The van der Waals surface area contributed by atoms with Gasteiger partial charge in [0.1, 0.15) is 11.5 Å². The Balaban J connectivity index is 2.23. The molecular weight excluding hydrogens is 484 g/mol. The molecule has 1 aromatic carbocycles. The third kappa shape index (κ3) is 4.48. The molecule has 9 nitrogen and oxygen atoms in total. The van der Waals surface area contributed by atoms with Gasteiger partial charge in [-0.1, -0.05) is 0 Å². The molecule has 0 aliphatic carbocycles. The summed E-state index contributed by atoms with van der Waals surface area (Å²) in [5.41, 5.74) is 0.215. The number of benzene rings is 1. The van der Waals surface area contributed by atoms with Gasteiger partial charge in [0, 0.05) is 31.4 Å². The molecule has 0 aliphatic heterocycles. The lowest BCUT2D eigenvalue weighted by Gasteiger charge is -2.17. The highest BCUT2D eigenvalue weighted by molar-refractivity contribution is 7.98. The summed E-state index contributed by atoms with van der Waals surface area (Å²) in [5.74, 6) is -2.41. The number of aromatic nitrogens is 3. The monoisotopic (exact) mass is 500 g/mol. The summed E-state index contributed by atoms with van der Waals surface area (Å²) < 4.78 is 64.9. The van der Waals surface area contributed by atoms with Gasteiger partial charge < -0.3 is 15.2 Å². The highest BCUT2D eigenvalue weighted by Crippen LogP contribution is 2.37. The van der Waals surface area contributed by atoms with E-state index in [4.69, 9.17) is 10.5 Å². The molecule has 0 saturated carbocycles. The number of carbonyl (C=O) groups is 1. The van der Waals surface area contributed by atoms with Crippen molar-refractivity contribution < 1.29 is 31.8 Å². The average molecular weight is 500 g/mol. The van der Waals surface area contributed by atoms with Crippen molar-refractivity contribution in [3.8, 4) is 17.2 Å². The third-order valence-corrected chi connectivity index (χ3v) is 5.37. The van der Waals surface area contributed by atoms with Crippen molar-refractivity contribution in [3.05, 3.63) is 68.5 Å². The summed E-state index contributed by atoms with van der Waals surface area (Å²) in [7, 11) is 1.91. The maximum absolute atomic E-state index is 14.7. The molecule has 0 unspecified atom stereocenters. The number of pyridine rings is 1. The Morgan fingerprint density at radius 1 is 1.21 bits per heavy atom. The molecule has 0 radical (unpaired) electrons. The normalized spacial score (nSPS) is 11.4. The Labute approximate surface area is 192 Å². The number of nitrogen functional groups attached to an aromatic ring is 1. The summed E-state index contributed by atoms with van der Waals surface area (Å²) >= 11 is 1.17. The minimum absolute atomic E-state index is 0.0984. The second-order valence-corrected chi connectivity index (χ2v) is 7.52. The Kier molecular flexibility index (Phi) is 6.72. The molecule has 2 N–H and O–H groups in total. The molecule has 0 bridgehead atoms.